The average Bonchev–Trinajstić information content (AvgIpc) is 2.94. The van der Waals surface area contributed by atoms with Crippen molar-refractivity contribution >= 4 is 38.2 Å². The van der Waals surface area contributed by atoms with Crippen LogP contribution >= 0.6 is 11.5 Å². The van der Waals surface area contributed by atoms with Crippen LogP contribution in [0, 0.1) is 0 Å². The molecule has 1 amide bonds. The van der Waals surface area contributed by atoms with Crippen LogP contribution in [0.15, 0.2) is 24.3 Å². The van der Waals surface area contributed by atoms with Gasteiger partial charge in [0.15, 0.2) is 14.8 Å². The zero-order valence-electron chi connectivity index (χ0n) is 13.0. The Kier molecular flexibility index (Phi) is 5.62. The van der Waals surface area contributed by atoms with Crippen LogP contribution in [0.25, 0.3) is 0 Å². The van der Waals surface area contributed by atoms with Gasteiger partial charge in [-0.1, -0.05) is 16.6 Å². The van der Waals surface area contributed by atoms with Crippen molar-refractivity contribution in [2.75, 3.05) is 18.2 Å². The third-order valence-electron chi connectivity index (χ3n) is 2.83. The Bertz CT molecular complexity index is 844. The molecule has 0 fully saturated rings. The van der Waals surface area contributed by atoms with E-state index in [1.165, 1.54) is 12.1 Å². The van der Waals surface area contributed by atoms with Gasteiger partial charge < -0.3 is 10.1 Å². The number of rotatable bonds is 6. The van der Waals surface area contributed by atoms with E-state index in [4.69, 9.17) is 4.74 Å². The van der Waals surface area contributed by atoms with Crippen molar-refractivity contribution in [1.29, 1.82) is 0 Å². The minimum Gasteiger partial charge on any atom is -0.461 e. The summed E-state index contributed by atoms with van der Waals surface area (Å²) in [4.78, 5) is 23.9. The van der Waals surface area contributed by atoms with E-state index in [0.717, 1.165) is 17.8 Å². The molecule has 8 nitrogen and oxygen atoms in total. The van der Waals surface area contributed by atoms with Crippen molar-refractivity contribution in [3.63, 3.8) is 0 Å². The number of hydrogen-bond donors (Lipinski definition) is 1. The number of nitrogens with zero attached hydrogens (tertiary/aromatic N) is 2. The van der Waals surface area contributed by atoms with E-state index in [-0.39, 0.29) is 23.1 Å². The Morgan fingerprint density at radius 2 is 1.92 bits per heavy atom. The monoisotopic (exact) mass is 369 g/mol. The maximum absolute atomic E-state index is 12.2. The van der Waals surface area contributed by atoms with Crippen molar-refractivity contribution in [3.05, 3.63) is 41.1 Å². The first kappa shape index (κ1) is 18.0. The summed E-state index contributed by atoms with van der Waals surface area (Å²) in [5.41, 5.74) is 0.847. The number of ether oxygens (including phenoxy) is 1. The molecule has 128 valence electrons. The van der Waals surface area contributed by atoms with E-state index in [1.54, 1.807) is 19.1 Å². The number of aromatic nitrogens is 2. The van der Waals surface area contributed by atoms with E-state index in [0.29, 0.717) is 11.1 Å². The summed E-state index contributed by atoms with van der Waals surface area (Å²) < 4.78 is 31.0. The molecule has 2 rings (SSSR count). The molecule has 10 heteroatoms. The molecule has 0 bridgehead atoms. The first-order valence-corrected chi connectivity index (χ1v) is 9.71. The molecule has 24 heavy (non-hydrogen) atoms. The number of hydrogen-bond acceptors (Lipinski definition) is 8. The predicted octanol–water partition coefficient (Wildman–Crippen LogP) is 1.51. The largest absolute Gasteiger partial charge is 0.461 e. The number of carbonyl (C=O) groups is 2. The number of sulfone groups is 1. The van der Waals surface area contributed by atoms with Gasteiger partial charge in [0.2, 0.25) is 5.69 Å². The Labute approximate surface area is 142 Å². The lowest BCUT2D eigenvalue weighted by Crippen LogP contribution is -2.15. The minimum absolute atomic E-state index is 0.0519. The molecule has 0 aliphatic heterocycles. The van der Waals surface area contributed by atoms with E-state index in [2.05, 4.69) is 14.9 Å². The molecular weight excluding hydrogens is 354 g/mol. The Morgan fingerprint density at radius 3 is 2.50 bits per heavy atom. The molecular formula is C14H15N3O5S2. The summed E-state index contributed by atoms with van der Waals surface area (Å²) in [6.07, 6.45) is 1.14. The van der Waals surface area contributed by atoms with Gasteiger partial charge in [0.05, 0.1) is 12.4 Å². The maximum atomic E-state index is 12.2. The van der Waals surface area contributed by atoms with Crippen molar-refractivity contribution in [3.8, 4) is 0 Å². The van der Waals surface area contributed by atoms with Crippen LogP contribution in [0.3, 0.4) is 0 Å². The molecule has 0 saturated carbocycles. The van der Waals surface area contributed by atoms with Gasteiger partial charge in [-0.2, -0.15) is 0 Å². The van der Waals surface area contributed by atoms with Gasteiger partial charge in [-0.15, -0.1) is 5.10 Å². The molecule has 0 aliphatic rings. The van der Waals surface area contributed by atoms with Gasteiger partial charge in [-0.25, -0.2) is 13.2 Å². The predicted molar refractivity (Wildman–Crippen MR) is 88.8 cm³/mol. The van der Waals surface area contributed by atoms with Crippen LogP contribution in [0.1, 0.15) is 33.3 Å². The topological polar surface area (TPSA) is 115 Å². The van der Waals surface area contributed by atoms with Crippen LogP contribution in [-0.2, 0) is 20.3 Å². The normalized spacial score (nSPS) is 11.1. The molecule has 0 unspecified atom stereocenters. The number of benzene rings is 1. The molecule has 0 atom stereocenters. The second-order valence-corrected chi connectivity index (χ2v) is 7.79. The Morgan fingerprint density at radius 1 is 1.25 bits per heavy atom. The highest BCUT2D eigenvalue weighted by molar-refractivity contribution is 7.89. The highest BCUT2D eigenvalue weighted by atomic mass is 32.2. The van der Waals surface area contributed by atoms with E-state index < -0.39 is 21.7 Å². The molecule has 0 radical (unpaired) electrons. The average molecular weight is 369 g/mol. The number of esters is 1. The summed E-state index contributed by atoms with van der Waals surface area (Å²) >= 11 is 0.865. The molecule has 0 saturated heterocycles. The standard InChI is InChI=1S/C14H15N3O5S2/c1-3-22-14(19)11-13(23-17-16-11)15-12(18)10-6-4-9(5-7-10)8-24(2,20)21/h4-7H,3,8H2,1-2H3,(H,15,18). The number of nitrogens with one attached hydrogen (secondary N) is 1. The van der Waals surface area contributed by atoms with Crippen molar-refractivity contribution in [1.82, 2.24) is 9.59 Å². The van der Waals surface area contributed by atoms with Gasteiger partial charge in [-0.3, -0.25) is 4.79 Å². The molecule has 0 aliphatic carbocycles. The lowest BCUT2D eigenvalue weighted by atomic mass is 10.1. The number of carbonyl (C=O) groups excluding carboxylic acids is 2. The zero-order chi connectivity index (χ0) is 17.7. The molecule has 1 aromatic carbocycles. The fourth-order valence-electron chi connectivity index (χ4n) is 1.84. The molecule has 1 N–H and O–H groups in total. The fraction of sp³-hybridized carbons (Fsp3) is 0.286. The van der Waals surface area contributed by atoms with Crippen LogP contribution in [-0.4, -0.2) is 42.7 Å². The van der Waals surface area contributed by atoms with E-state index in [9.17, 15) is 18.0 Å². The Balaban J connectivity index is 2.11. The third kappa shape index (κ3) is 4.83. The minimum atomic E-state index is -3.14. The zero-order valence-corrected chi connectivity index (χ0v) is 14.6. The van der Waals surface area contributed by atoms with E-state index >= 15 is 0 Å². The second-order valence-electron chi connectivity index (χ2n) is 4.89. The van der Waals surface area contributed by atoms with Gasteiger partial charge in [0.1, 0.15) is 0 Å². The van der Waals surface area contributed by atoms with Gasteiger partial charge in [-0.05, 0) is 24.6 Å². The quantitative estimate of drug-likeness (QED) is 0.767. The summed E-state index contributed by atoms with van der Waals surface area (Å²) in [6, 6.07) is 6.14. The van der Waals surface area contributed by atoms with Crippen LogP contribution in [0.4, 0.5) is 5.00 Å². The highest BCUT2D eigenvalue weighted by Gasteiger charge is 2.20. The SMILES string of the molecule is CCOC(=O)c1nnsc1NC(=O)c1ccc(CS(C)(=O)=O)cc1. The first-order chi connectivity index (χ1) is 11.3. The lowest BCUT2D eigenvalue weighted by molar-refractivity contribution is 0.0520. The lowest BCUT2D eigenvalue weighted by Gasteiger charge is -2.05. The molecule has 2 aromatic rings. The van der Waals surface area contributed by atoms with Crippen LogP contribution in [0.5, 0.6) is 0 Å². The summed E-state index contributed by atoms with van der Waals surface area (Å²) in [6.45, 7) is 1.85. The molecule has 0 spiro atoms. The van der Waals surface area contributed by atoms with Crippen molar-refractivity contribution in [2.45, 2.75) is 12.7 Å². The van der Waals surface area contributed by atoms with Gasteiger partial charge in [0.25, 0.3) is 5.91 Å². The fourth-order valence-corrected chi connectivity index (χ4v) is 3.19. The maximum Gasteiger partial charge on any atom is 0.362 e. The first-order valence-electron chi connectivity index (χ1n) is 6.87. The van der Waals surface area contributed by atoms with Gasteiger partial charge in [0, 0.05) is 23.4 Å². The molecule has 1 aromatic heterocycles. The summed E-state index contributed by atoms with van der Waals surface area (Å²) in [7, 11) is -3.14. The van der Waals surface area contributed by atoms with Crippen LogP contribution < -0.4 is 5.32 Å². The number of anilines is 1. The summed E-state index contributed by atoms with van der Waals surface area (Å²) in [5.74, 6) is -1.22. The second kappa shape index (κ2) is 7.49. The van der Waals surface area contributed by atoms with Crippen molar-refractivity contribution in [2.24, 2.45) is 0 Å². The smallest absolute Gasteiger partial charge is 0.362 e. The van der Waals surface area contributed by atoms with E-state index in [1.807, 2.05) is 0 Å². The van der Waals surface area contributed by atoms with Gasteiger partial charge >= 0.3 is 5.97 Å². The Hall–Kier alpha value is -2.33. The van der Waals surface area contributed by atoms with Crippen LogP contribution in [0.2, 0.25) is 0 Å². The highest BCUT2D eigenvalue weighted by Crippen LogP contribution is 2.20. The molecule has 1 heterocycles. The number of amides is 1. The van der Waals surface area contributed by atoms with Crippen molar-refractivity contribution < 1.29 is 22.7 Å². The third-order valence-corrected chi connectivity index (χ3v) is 4.33. The summed E-state index contributed by atoms with van der Waals surface area (Å²) in [5, 5.41) is 6.39.